The van der Waals surface area contributed by atoms with Gasteiger partial charge >= 0.3 is 0 Å². The van der Waals surface area contributed by atoms with Gasteiger partial charge < -0.3 is 29.3 Å². The van der Waals surface area contributed by atoms with E-state index in [1.165, 1.54) is 18.1 Å². The molecule has 3 rings (SSSR count). The van der Waals surface area contributed by atoms with Crippen LogP contribution < -0.4 is 9.47 Å². The Morgan fingerprint density at radius 1 is 1.09 bits per heavy atom. The van der Waals surface area contributed by atoms with Crippen molar-refractivity contribution in [2.45, 2.75) is 33.7 Å². The van der Waals surface area contributed by atoms with Crippen molar-refractivity contribution in [3.05, 3.63) is 58.7 Å². The van der Waals surface area contributed by atoms with Crippen LogP contribution >= 0.6 is 0 Å². The second-order valence-electron chi connectivity index (χ2n) is 8.83. The van der Waals surface area contributed by atoms with Gasteiger partial charge in [-0.2, -0.15) is 0 Å². The first-order valence-electron chi connectivity index (χ1n) is 11.7. The smallest absolute Gasteiger partial charge is 0.295 e. The molecule has 0 aromatic heterocycles. The number of hydrogen-bond donors (Lipinski definition) is 2. The van der Waals surface area contributed by atoms with Gasteiger partial charge in [0.1, 0.15) is 11.5 Å². The second kappa shape index (κ2) is 11.3. The average Bonchev–Trinajstić information content (AvgIpc) is 3.07. The molecule has 2 aromatic carbocycles. The topological polar surface area (TPSA) is 106 Å². The summed E-state index contributed by atoms with van der Waals surface area (Å²) in [5.74, 6) is -0.579. The zero-order valence-corrected chi connectivity index (χ0v) is 20.8. The summed E-state index contributed by atoms with van der Waals surface area (Å²) >= 11 is 0. The fourth-order valence-electron chi connectivity index (χ4n) is 3.99. The van der Waals surface area contributed by atoms with Crippen LogP contribution in [0, 0.1) is 12.8 Å². The first kappa shape index (κ1) is 26.1. The molecule has 1 unspecified atom stereocenters. The number of carbonyl (C=O) groups excluding carboxylic acids is 2. The maximum absolute atomic E-state index is 13.1. The molecule has 1 fully saturated rings. The Morgan fingerprint density at radius 3 is 2.46 bits per heavy atom. The van der Waals surface area contributed by atoms with Crippen molar-refractivity contribution >= 4 is 17.4 Å². The van der Waals surface area contributed by atoms with Crippen molar-refractivity contribution in [3.63, 3.8) is 0 Å². The van der Waals surface area contributed by atoms with Gasteiger partial charge in [-0.05, 0) is 61.2 Å². The summed E-state index contributed by atoms with van der Waals surface area (Å²) in [5.41, 5.74) is 1.69. The van der Waals surface area contributed by atoms with Crippen molar-refractivity contribution in [1.29, 1.82) is 0 Å². The lowest BCUT2D eigenvalue weighted by molar-refractivity contribution is -0.140. The van der Waals surface area contributed by atoms with Crippen LogP contribution in [-0.2, 0) is 14.3 Å². The predicted molar refractivity (Wildman–Crippen MR) is 132 cm³/mol. The van der Waals surface area contributed by atoms with Crippen molar-refractivity contribution < 1.29 is 34.0 Å². The lowest BCUT2D eigenvalue weighted by Crippen LogP contribution is -2.32. The summed E-state index contributed by atoms with van der Waals surface area (Å²) in [6, 6.07) is 8.90. The number of ketones is 1. The molecule has 2 aromatic rings. The number of benzene rings is 2. The molecule has 188 valence electrons. The molecule has 35 heavy (non-hydrogen) atoms. The maximum atomic E-state index is 13.1. The monoisotopic (exact) mass is 483 g/mol. The zero-order valence-electron chi connectivity index (χ0n) is 20.8. The lowest BCUT2D eigenvalue weighted by atomic mass is 9.94. The van der Waals surface area contributed by atoms with E-state index in [0.717, 1.165) is 5.56 Å². The quantitative estimate of drug-likeness (QED) is 0.296. The molecule has 1 heterocycles. The number of hydrogen-bond acceptors (Lipinski definition) is 7. The molecular formula is C27H33NO7. The number of likely N-dealkylation sites (tertiary alicyclic amines) is 1. The highest BCUT2D eigenvalue weighted by atomic mass is 16.5. The molecule has 0 bridgehead atoms. The highest BCUT2D eigenvalue weighted by Gasteiger charge is 2.46. The van der Waals surface area contributed by atoms with Crippen LogP contribution in [0.25, 0.3) is 5.76 Å². The minimum atomic E-state index is -0.873. The third-order valence-corrected chi connectivity index (χ3v) is 5.70. The van der Waals surface area contributed by atoms with Crippen LogP contribution in [0.5, 0.6) is 17.2 Å². The molecule has 1 aliphatic heterocycles. The first-order chi connectivity index (χ1) is 16.7. The minimum Gasteiger partial charge on any atom is -0.507 e. The van der Waals surface area contributed by atoms with Crippen molar-refractivity contribution in [3.8, 4) is 17.2 Å². The van der Waals surface area contributed by atoms with E-state index in [-0.39, 0.29) is 36.0 Å². The third kappa shape index (κ3) is 5.59. The number of rotatable bonds is 10. The number of aliphatic hydroxyl groups excluding tert-OH is 1. The van der Waals surface area contributed by atoms with Crippen LogP contribution in [0.1, 0.15) is 43.5 Å². The summed E-state index contributed by atoms with van der Waals surface area (Å²) in [6.07, 6.45) is 0. The molecule has 8 nitrogen and oxygen atoms in total. The molecule has 0 spiro atoms. The normalized spacial score (nSPS) is 17.3. The van der Waals surface area contributed by atoms with Gasteiger partial charge in [0.25, 0.3) is 11.7 Å². The van der Waals surface area contributed by atoms with Gasteiger partial charge in [0.2, 0.25) is 0 Å². The number of phenolic OH excluding ortho intramolecular Hbond substituents is 1. The fourth-order valence-corrected chi connectivity index (χ4v) is 3.99. The second-order valence-corrected chi connectivity index (χ2v) is 8.83. The van der Waals surface area contributed by atoms with Crippen molar-refractivity contribution in [2.75, 3.05) is 33.5 Å². The molecule has 1 aliphatic rings. The molecule has 0 saturated carbocycles. The van der Waals surface area contributed by atoms with Gasteiger partial charge in [-0.25, -0.2) is 0 Å². The summed E-state index contributed by atoms with van der Waals surface area (Å²) in [6.45, 7) is 8.99. The number of aryl methyl sites for hydroxylation is 1. The third-order valence-electron chi connectivity index (χ3n) is 5.70. The van der Waals surface area contributed by atoms with E-state index >= 15 is 0 Å². The highest BCUT2D eigenvalue weighted by Crippen LogP contribution is 2.42. The molecule has 8 heteroatoms. The molecule has 1 atom stereocenters. The molecule has 2 N–H and O–H groups in total. The SMILES string of the molecule is CCOc1cc(C2C(=C(O)c3ccc(OCC(C)C)c(C)c3)C(=O)C(=O)N2CCOC)ccc1O. The van der Waals surface area contributed by atoms with E-state index in [0.29, 0.717) is 36.0 Å². The summed E-state index contributed by atoms with van der Waals surface area (Å²) in [4.78, 5) is 27.5. The van der Waals surface area contributed by atoms with E-state index in [2.05, 4.69) is 13.8 Å². The molecule has 1 saturated heterocycles. The van der Waals surface area contributed by atoms with Gasteiger partial charge in [0.05, 0.1) is 31.4 Å². The number of carbonyl (C=O) groups is 2. The Hall–Kier alpha value is -3.52. The minimum absolute atomic E-state index is 0.0329. The fraction of sp³-hybridized carbons (Fsp3) is 0.407. The maximum Gasteiger partial charge on any atom is 0.295 e. The zero-order chi connectivity index (χ0) is 25.7. The predicted octanol–water partition coefficient (Wildman–Crippen LogP) is 4.20. The molecular weight excluding hydrogens is 450 g/mol. The van der Waals surface area contributed by atoms with Gasteiger partial charge in [-0.15, -0.1) is 0 Å². The van der Waals surface area contributed by atoms with E-state index in [1.807, 2.05) is 6.92 Å². The Balaban J connectivity index is 2.11. The van der Waals surface area contributed by atoms with Crippen LogP contribution in [0.2, 0.25) is 0 Å². The van der Waals surface area contributed by atoms with Gasteiger partial charge in [0, 0.05) is 19.2 Å². The number of phenols is 1. The Morgan fingerprint density at radius 2 is 1.83 bits per heavy atom. The number of aliphatic hydroxyl groups is 1. The van der Waals surface area contributed by atoms with Gasteiger partial charge in [-0.3, -0.25) is 9.59 Å². The lowest BCUT2D eigenvalue weighted by Gasteiger charge is -2.25. The van der Waals surface area contributed by atoms with E-state index < -0.39 is 17.7 Å². The van der Waals surface area contributed by atoms with Gasteiger partial charge in [0.15, 0.2) is 11.5 Å². The molecule has 0 radical (unpaired) electrons. The average molecular weight is 484 g/mol. The standard InChI is InChI=1S/C27H33NO7/c1-6-34-22-14-18(7-9-20(22)29)24-23(26(31)27(32)28(24)11-12-33-5)25(30)19-8-10-21(17(4)13-19)35-15-16(2)3/h7-10,13-14,16,24,29-30H,6,11-12,15H2,1-5H3. The van der Waals surface area contributed by atoms with Crippen LogP contribution in [0.15, 0.2) is 42.0 Å². The Bertz CT molecular complexity index is 1120. The van der Waals surface area contributed by atoms with E-state index in [1.54, 1.807) is 37.3 Å². The van der Waals surface area contributed by atoms with Gasteiger partial charge in [-0.1, -0.05) is 19.9 Å². The van der Waals surface area contributed by atoms with Crippen molar-refractivity contribution in [1.82, 2.24) is 4.90 Å². The largest absolute Gasteiger partial charge is 0.507 e. The highest BCUT2D eigenvalue weighted by molar-refractivity contribution is 6.46. The van der Waals surface area contributed by atoms with Crippen LogP contribution in [0.4, 0.5) is 0 Å². The van der Waals surface area contributed by atoms with Crippen molar-refractivity contribution in [2.24, 2.45) is 5.92 Å². The number of ether oxygens (including phenoxy) is 3. The van der Waals surface area contributed by atoms with E-state index in [9.17, 15) is 19.8 Å². The summed E-state index contributed by atoms with van der Waals surface area (Å²) in [7, 11) is 1.50. The Kier molecular flexibility index (Phi) is 8.40. The van der Waals surface area contributed by atoms with Crippen LogP contribution in [-0.4, -0.2) is 60.3 Å². The number of aromatic hydroxyl groups is 1. The summed E-state index contributed by atoms with van der Waals surface area (Å²) in [5, 5.41) is 21.4. The number of nitrogens with zero attached hydrogens (tertiary/aromatic N) is 1. The Labute approximate surface area is 205 Å². The van der Waals surface area contributed by atoms with E-state index in [4.69, 9.17) is 14.2 Å². The number of methoxy groups -OCH3 is 1. The van der Waals surface area contributed by atoms with Crippen LogP contribution in [0.3, 0.4) is 0 Å². The number of Topliss-reactive ketones (excluding diaryl/α,β-unsaturated/α-hetero) is 1. The molecule has 0 aliphatic carbocycles. The number of amides is 1. The first-order valence-corrected chi connectivity index (χ1v) is 11.7. The molecule has 1 amide bonds. The summed E-state index contributed by atoms with van der Waals surface area (Å²) < 4.78 is 16.5.